The highest BCUT2D eigenvalue weighted by Crippen LogP contribution is 2.28. The standard InChI is InChI=1S/C23H32S/c1-9-13-20(6)23(18(3)4)21(7)16-12-11-15-19(5)17-24-22(8)14-10-2/h9-16,18,23H,5-8,17H2,1-4H3/b13-9-,14-10-,15-11-,16-12-. The van der Waals surface area contributed by atoms with Gasteiger partial charge < -0.3 is 0 Å². The lowest BCUT2D eigenvalue weighted by atomic mass is 9.83. The van der Waals surface area contributed by atoms with Crippen LogP contribution in [0.25, 0.3) is 0 Å². The fourth-order valence-electron chi connectivity index (χ4n) is 2.35. The summed E-state index contributed by atoms with van der Waals surface area (Å²) in [6.45, 7) is 24.8. The maximum Gasteiger partial charge on any atom is 0.0225 e. The Labute approximate surface area is 153 Å². The Morgan fingerprint density at radius 2 is 1.38 bits per heavy atom. The predicted octanol–water partition coefficient (Wildman–Crippen LogP) is 7.44. The molecule has 0 bridgehead atoms. The van der Waals surface area contributed by atoms with Gasteiger partial charge in [0.15, 0.2) is 0 Å². The van der Waals surface area contributed by atoms with E-state index in [2.05, 4.69) is 52.3 Å². The van der Waals surface area contributed by atoms with Crippen molar-refractivity contribution in [3.63, 3.8) is 0 Å². The molecule has 0 spiro atoms. The van der Waals surface area contributed by atoms with E-state index in [1.165, 1.54) is 0 Å². The van der Waals surface area contributed by atoms with Crippen LogP contribution < -0.4 is 0 Å². The van der Waals surface area contributed by atoms with Crippen molar-refractivity contribution < 1.29 is 0 Å². The van der Waals surface area contributed by atoms with Crippen LogP contribution in [0.15, 0.2) is 96.5 Å². The lowest BCUT2D eigenvalue weighted by Crippen LogP contribution is -2.11. The maximum atomic E-state index is 4.22. The Bertz CT molecular complexity index is 565. The van der Waals surface area contributed by atoms with Crippen molar-refractivity contribution in [2.45, 2.75) is 27.7 Å². The highest BCUT2D eigenvalue weighted by atomic mass is 32.2. The molecule has 24 heavy (non-hydrogen) atoms. The zero-order valence-corrected chi connectivity index (χ0v) is 16.5. The molecule has 1 heteroatoms. The molecule has 0 aromatic carbocycles. The van der Waals surface area contributed by atoms with Gasteiger partial charge in [-0.15, -0.1) is 11.8 Å². The molecule has 0 saturated carbocycles. The van der Waals surface area contributed by atoms with Gasteiger partial charge in [0.1, 0.15) is 0 Å². The van der Waals surface area contributed by atoms with Gasteiger partial charge in [-0.2, -0.15) is 0 Å². The first-order valence-electron chi connectivity index (χ1n) is 8.30. The highest BCUT2D eigenvalue weighted by Gasteiger charge is 2.16. The van der Waals surface area contributed by atoms with Crippen LogP contribution >= 0.6 is 11.8 Å². The van der Waals surface area contributed by atoms with Gasteiger partial charge in [-0.3, -0.25) is 0 Å². The van der Waals surface area contributed by atoms with Crippen molar-refractivity contribution in [2.75, 3.05) is 5.75 Å². The highest BCUT2D eigenvalue weighted by molar-refractivity contribution is 8.03. The summed E-state index contributed by atoms with van der Waals surface area (Å²) < 4.78 is 0. The third kappa shape index (κ3) is 9.42. The molecule has 0 nitrogen and oxygen atoms in total. The summed E-state index contributed by atoms with van der Waals surface area (Å²) in [5, 5.41) is 0. The second-order valence-electron chi connectivity index (χ2n) is 6.00. The molecule has 0 saturated heterocycles. The summed E-state index contributed by atoms with van der Waals surface area (Å²) in [4.78, 5) is 1.05. The lowest BCUT2D eigenvalue weighted by molar-refractivity contribution is 0.520. The van der Waals surface area contributed by atoms with E-state index in [1.807, 2.05) is 50.3 Å². The van der Waals surface area contributed by atoms with Crippen LogP contribution in [0.1, 0.15) is 27.7 Å². The molecule has 0 N–H and O–H groups in total. The van der Waals surface area contributed by atoms with E-state index in [0.717, 1.165) is 27.4 Å². The molecule has 130 valence electrons. The number of hydrogen-bond donors (Lipinski definition) is 0. The molecule has 0 fully saturated rings. The minimum atomic E-state index is 0.272. The first kappa shape index (κ1) is 22.3. The van der Waals surface area contributed by atoms with Crippen molar-refractivity contribution in [2.24, 2.45) is 11.8 Å². The monoisotopic (exact) mass is 340 g/mol. The number of rotatable bonds is 11. The Hall–Kier alpha value is -1.73. The molecule has 0 rings (SSSR count). The Kier molecular flexibility index (Phi) is 11.8. The summed E-state index contributed by atoms with van der Waals surface area (Å²) in [5.41, 5.74) is 3.26. The van der Waals surface area contributed by atoms with E-state index >= 15 is 0 Å². The van der Waals surface area contributed by atoms with Crippen molar-refractivity contribution in [1.82, 2.24) is 0 Å². The first-order chi connectivity index (χ1) is 11.3. The van der Waals surface area contributed by atoms with Gasteiger partial charge in [0.25, 0.3) is 0 Å². The van der Waals surface area contributed by atoms with Crippen LogP contribution in [0.3, 0.4) is 0 Å². The quantitative estimate of drug-likeness (QED) is 0.352. The average molecular weight is 341 g/mol. The van der Waals surface area contributed by atoms with Crippen LogP contribution in [0.4, 0.5) is 0 Å². The van der Waals surface area contributed by atoms with Gasteiger partial charge in [0.05, 0.1) is 0 Å². The van der Waals surface area contributed by atoms with Crippen molar-refractivity contribution in [3.05, 3.63) is 96.5 Å². The van der Waals surface area contributed by atoms with Gasteiger partial charge in [-0.05, 0) is 36.5 Å². The first-order valence-corrected chi connectivity index (χ1v) is 9.29. The van der Waals surface area contributed by atoms with E-state index in [9.17, 15) is 0 Å². The molecular weight excluding hydrogens is 308 g/mol. The topological polar surface area (TPSA) is 0 Å². The van der Waals surface area contributed by atoms with Gasteiger partial charge in [-0.1, -0.05) is 88.8 Å². The summed E-state index contributed by atoms with van der Waals surface area (Å²) in [6.07, 6.45) is 16.2. The van der Waals surface area contributed by atoms with Gasteiger partial charge >= 0.3 is 0 Å². The maximum absolute atomic E-state index is 4.22. The second-order valence-corrected chi connectivity index (χ2v) is 7.10. The zero-order valence-electron chi connectivity index (χ0n) is 15.7. The van der Waals surface area contributed by atoms with E-state index in [0.29, 0.717) is 5.92 Å². The smallest absolute Gasteiger partial charge is 0.0225 e. The third-order valence-electron chi connectivity index (χ3n) is 3.40. The third-order valence-corrected chi connectivity index (χ3v) is 4.42. The van der Waals surface area contributed by atoms with Crippen molar-refractivity contribution >= 4 is 11.8 Å². The number of allylic oxidation sites excluding steroid dienone is 10. The van der Waals surface area contributed by atoms with Crippen molar-refractivity contribution in [3.8, 4) is 0 Å². The molecule has 0 aromatic heterocycles. The molecule has 0 radical (unpaired) electrons. The molecule has 0 amide bonds. The average Bonchev–Trinajstić information content (AvgIpc) is 2.50. The van der Waals surface area contributed by atoms with Gasteiger partial charge in [-0.25, -0.2) is 0 Å². The molecule has 0 aliphatic carbocycles. The van der Waals surface area contributed by atoms with Gasteiger partial charge in [0, 0.05) is 16.6 Å². The number of thioether (sulfide) groups is 1. The van der Waals surface area contributed by atoms with E-state index in [-0.39, 0.29) is 5.92 Å². The molecule has 1 atom stereocenters. The fraction of sp³-hybridized carbons (Fsp3) is 0.304. The molecular formula is C23H32S. The fourth-order valence-corrected chi connectivity index (χ4v) is 3.05. The summed E-state index contributed by atoms with van der Waals surface area (Å²) in [6, 6.07) is 0. The summed E-state index contributed by atoms with van der Waals surface area (Å²) >= 11 is 1.70. The molecule has 0 aliphatic heterocycles. The normalized spacial score (nSPS) is 13.5. The number of hydrogen-bond acceptors (Lipinski definition) is 1. The van der Waals surface area contributed by atoms with Gasteiger partial charge in [0.2, 0.25) is 0 Å². The largest absolute Gasteiger partial charge is 0.122 e. The molecule has 0 aliphatic rings. The van der Waals surface area contributed by atoms with Crippen molar-refractivity contribution in [1.29, 1.82) is 0 Å². The molecule has 1 unspecified atom stereocenters. The van der Waals surface area contributed by atoms with Crippen LogP contribution in [0, 0.1) is 11.8 Å². The Morgan fingerprint density at radius 1 is 0.833 bits per heavy atom. The minimum Gasteiger partial charge on any atom is -0.122 e. The predicted molar refractivity (Wildman–Crippen MR) is 115 cm³/mol. The Balaban J connectivity index is 4.60. The second kappa shape index (κ2) is 12.7. The SMILES string of the molecule is C=C(/C=C\C=C/C(=C)C(C(=C)/C=C\C)C(C)C)CSC(=C)/C=C\C. The van der Waals surface area contributed by atoms with E-state index in [4.69, 9.17) is 0 Å². The lowest BCUT2D eigenvalue weighted by Gasteiger charge is -2.22. The molecule has 0 heterocycles. The summed E-state index contributed by atoms with van der Waals surface area (Å²) in [5.74, 6) is 1.59. The minimum absolute atomic E-state index is 0.272. The Morgan fingerprint density at radius 3 is 1.92 bits per heavy atom. The van der Waals surface area contributed by atoms with Crippen LogP contribution in [-0.2, 0) is 0 Å². The van der Waals surface area contributed by atoms with E-state index < -0.39 is 0 Å². The van der Waals surface area contributed by atoms with Crippen LogP contribution in [0.5, 0.6) is 0 Å². The van der Waals surface area contributed by atoms with Crippen LogP contribution in [0.2, 0.25) is 0 Å². The van der Waals surface area contributed by atoms with Crippen LogP contribution in [-0.4, -0.2) is 5.75 Å². The molecule has 0 aromatic rings. The van der Waals surface area contributed by atoms with E-state index in [1.54, 1.807) is 11.8 Å². The summed E-state index contributed by atoms with van der Waals surface area (Å²) in [7, 11) is 0. The zero-order chi connectivity index (χ0) is 18.5.